The van der Waals surface area contributed by atoms with Crippen molar-refractivity contribution in [3.05, 3.63) is 47.9 Å². The third kappa shape index (κ3) is 4.30. The highest BCUT2D eigenvalue weighted by molar-refractivity contribution is 7.13. The van der Waals surface area contributed by atoms with Gasteiger partial charge in [-0.1, -0.05) is 6.07 Å². The minimum Gasteiger partial charge on any atom is -0.446 e. The number of aryl methyl sites for hydroxylation is 1. The summed E-state index contributed by atoms with van der Waals surface area (Å²) in [5.41, 5.74) is 2.65. The van der Waals surface area contributed by atoms with Crippen LogP contribution in [0, 0.1) is 0 Å². The van der Waals surface area contributed by atoms with Gasteiger partial charge in [0.2, 0.25) is 0 Å². The van der Waals surface area contributed by atoms with E-state index in [9.17, 15) is 4.79 Å². The second-order valence-corrected chi connectivity index (χ2v) is 7.55. The number of hydrogen-bond donors (Lipinski definition) is 1. The molecule has 8 nitrogen and oxygen atoms in total. The highest BCUT2D eigenvalue weighted by atomic mass is 32.1. The minimum atomic E-state index is -0.395. The van der Waals surface area contributed by atoms with Crippen LogP contribution < -0.4 is 10.2 Å². The molecule has 0 aliphatic carbocycles. The Bertz CT molecular complexity index is 918. The van der Waals surface area contributed by atoms with Crippen molar-refractivity contribution in [3.8, 4) is 11.3 Å². The zero-order valence-electron chi connectivity index (χ0n) is 15.6. The molecule has 0 unspecified atom stereocenters. The number of alkyl carbamates (subject to hydrolysis) is 1. The van der Waals surface area contributed by atoms with Gasteiger partial charge in [-0.3, -0.25) is 9.67 Å². The molecule has 0 radical (unpaired) electrons. The number of amides is 1. The Balaban J connectivity index is 1.29. The summed E-state index contributed by atoms with van der Waals surface area (Å²) in [6.07, 6.45) is 8.37. The molecule has 1 aliphatic rings. The first kappa shape index (κ1) is 18.4. The first-order valence-corrected chi connectivity index (χ1v) is 10.1. The number of aromatic nitrogens is 4. The molecule has 1 amide bonds. The molecule has 0 spiro atoms. The van der Waals surface area contributed by atoms with Crippen molar-refractivity contribution in [1.29, 1.82) is 0 Å². The number of hydrogen-bond acceptors (Lipinski definition) is 7. The maximum absolute atomic E-state index is 12.3. The van der Waals surface area contributed by atoms with E-state index in [4.69, 9.17) is 4.74 Å². The van der Waals surface area contributed by atoms with E-state index >= 15 is 0 Å². The summed E-state index contributed by atoms with van der Waals surface area (Å²) in [6.45, 7) is 2.05. The first-order chi connectivity index (χ1) is 13.7. The third-order valence-electron chi connectivity index (χ3n) is 4.70. The number of nitrogens with zero attached hydrogens (tertiary/aromatic N) is 5. The van der Waals surface area contributed by atoms with E-state index < -0.39 is 6.09 Å². The number of nitrogens with one attached hydrogen (secondary N) is 1. The van der Waals surface area contributed by atoms with Crippen LogP contribution in [0.4, 0.5) is 9.93 Å². The van der Waals surface area contributed by atoms with Gasteiger partial charge in [-0.25, -0.2) is 9.78 Å². The van der Waals surface area contributed by atoms with Crippen LogP contribution in [-0.2, 0) is 18.3 Å². The maximum Gasteiger partial charge on any atom is 0.407 e. The normalized spacial score (nSPS) is 14.8. The number of thiazole rings is 1. The standard InChI is InChI=1S/C19H22N6O2S/c1-24-13-15(12-23-24)17-14(3-2-6-20-17)11-22-19(26)27-16-4-8-25(9-5-16)18-21-7-10-28-18/h2-3,6-7,10,12-13,16H,4-5,8-9,11H2,1H3,(H,22,26). The van der Waals surface area contributed by atoms with E-state index in [2.05, 4.69) is 25.3 Å². The molecule has 4 heterocycles. The number of pyridine rings is 1. The Labute approximate surface area is 167 Å². The molecule has 28 heavy (non-hydrogen) atoms. The molecule has 0 aromatic carbocycles. The predicted octanol–water partition coefficient (Wildman–Crippen LogP) is 2.83. The lowest BCUT2D eigenvalue weighted by molar-refractivity contribution is 0.0828. The number of rotatable bonds is 5. The van der Waals surface area contributed by atoms with Crippen molar-refractivity contribution < 1.29 is 9.53 Å². The molecule has 1 fully saturated rings. The zero-order chi connectivity index (χ0) is 19.3. The molecule has 0 atom stereocenters. The number of carbonyl (C=O) groups is 1. The van der Waals surface area contributed by atoms with Crippen LogP contribution in [0.1, 0.15) is 18.4 Å². The van der Waals surface area contributed by atoms with Crippen molar-refractivity contribution >= 4 is 22.6 Å². The zero-order valence-corrected chi connectivity index (χ0v) is 16.4. The lowest BCUT2D eigenvalue weighted by Crippen LogP contribution is -2.39. The summed E-state index contributed by atoms with van der Waals surface area (Å²) in [4.78, 5) is 23.3. The van der Waals surface area contributed by atoms with Gasteiger partial charge in [0.15, 0.2) is 5.13 Å². The van der Waals surface area contributed by atoms with Crippen LogP contribution in [-0.4, -0.2) is 45.0 Å². The SMILES string of the molecule is Cn1cc(-c2ncccc2CNC(=O)OC2CCN(c3nccs3)CC2)cn1. The van der Waals surface area contributed by atoms with Gasteiger partial charge in [-0.15, -0.1) is 11.3 Å². The topological polar surface area (TPSA) is 85.2 Å². The summed E-state index contributed by atoms with van der Waals surface area (Å²) < 4.78 is 7.33. The van der Waals surface area contributed by atoms with Crippen LogP contribution in [0.15, 0.2) is 42.3 Å². The highest BCUT2D eigenvalue weighted by Crippen LogP contribution is 2.23. The van der Waals surface area contributed by atoms with Crippen LogP contribution in [0.3, 0.4) is 0 Å². The number of piperidine rings is 1. The molecule has 0 saturated carbocycles. The molecule has 3 aromatic heterocycles. The fourth-order valence-corrected chi connectivity index (χ4v) is 3.98. The number of carbonyl (C=O) groups excluding carboxylic acids is 1. The van der Waals surface area contributed by atoms with E-state index in [1.165, 1.54) is 0 Å². The molecule has 1 aliphatic heterocycles. The molecule has 1 saturated heterocycles. The summed E-state index contributed by atoms with van der Waals surface area (Å²) in [5.74, 6) is 0. The number of ether oxygens (including phenoxy) is 1. The quantitative estimate of drug-likeness (QED) is 0.711. The molecule has 3 aromatic rings. The Morgan fingerprint density at radius 2 is 2.18 bits per heavy atom. The van der Waals surface area contributed by atoms with Gasteiger partial charge in [-0.05, 0) is 11.6 Å². The van der Waals surface area contributed by atoms with Gasteiger partial charge in [0.25, 0.3) is 0 Å². The predicted molar refractivity (Wildman–Crippen MR) is 107 cm³/mol. The smallest absolute Gasteiger partial charge is 0.407 e. The van der Waals surface area contributed by atoms with Crippen LogP contribution >= 0.6 is 11.3 Å². The maximum atomic E-state index is 12.3. The second-order valence-electron chi connectivity index (χ2n) is 6.67. The van der Waals surface area contributed by atoms with E-state index in [-0.39, 0.29) is 6.10 Å². The van der Waals surface area contributed by atoms with Gasteiger partial charge >= 0.3 is 6.09 Å². The highest BCUT2D eigenvalue weighted by Gasteiger charge is 2.23. The van der Waals surface area contributed by atoms with E-state index in [0.717, 1.165) is 47.9 Å². The first-order valence-electron chi connectivity index (χ1n) is 9.21. The van der Waals surface area contributed by atoms with Gasteiger partial charge in [0.05, 0.1) is 11.9 Å². The largest absolute Gasteiger partial charge is 0.446 e. The molecular weight excluding hydrogens is 376 g/mol. The fourth-order valence-electron chi connectivity index (χ4n) is 3.28. The average Bonchev–Trinajstić information content (AvgIpc) is 3.39. The minimum absolute atomic E-state index is 0.0668. The number of anilines is 1. The van der Waals surface area contributed by atoms with Crippen molar-refractivity contribution in [2.75, 3.05) is 18.0 Å². The lowest BCUT2D eigenvalue weighted by atomic mass is 10.1. The van der Waals surface area contributed by atoms with Crippen LogP contribution in [0.25, 0.3) is 11.3 Å². The monoisotopic (exact) mass is 398 g/mol. The van der Waals surface area contributed by atoms with Crippen molar-refractivity contribution in [2.45, 2.75) is 25.5 Å². The van der Waals surface area contributed by atoms with Crippen molar-refractivity contribution in [3.63, 3.8) is 0 Å². The third-order valence-corrected chi connectivity index (χ3v) is 5.53. The summed E-state index contributed by atoms with van der Waals surface area (Å²) in [6, 6.07) is 3.80. The van der Waals surface area contributed by atoms with Crippen LogP contribution in [0.5, 0.6) is 0 Å². The van der Waals surface area contributed by atoms with Gasteiger partial charge in [0.1, 0.15) is 6.10 Å². The Morgan fingerprint density at radius 1 is 1.32 bits per heavy atom. The van der Waals surface area contributed by atoms with E-state index in [0.29, 0.717) is 6.54 Å². The molecule has 4 rings (SSSR count). The van der Waals surface area contributed by atoms with E-state index in [1.54, 1.807) is 28.4 Å². The summed E-state index contributed by atoms with van der Waals surface area (Å²) >= 11 is 1.63. The fraction of sp³-hybridized carbons (Fsp3) is 0.368. The second kappa shape index (κ2) is 8.39. The molecule has 0 bridgehead atoms. The Morgan fingerprint density at radius 3 is 2.89 bits per heavy atom. The average molecular weight is 398 g/mol. The van der Waals surface area contributed by atoms with Gasteiger partial charge < -0.3 is 15.0 Å². The van der Waals surface area contributed by atoms with Gasteiger partial charge in [-0.2, -0.15) is 5.10 Å². The molecule has 9 heteroatoms. The Kier molecular flexibility index (Phi) is 5.52. The van der Waals surface area contributed by atoms with Gasteiger partial charge in [0, 0.05) is 69.1 Å². The van der Waals surface area contributed by atoms with Crippen LogP contribution in [0.2, 0.25) is 0 Å². The molecule has 1 N–H and O–H groups in total. The van der Waals surface area contributed by atoms with Crippen molar-refractivity contribution in [2.24, 2.45) is 7.05 Å². The molecular formula is C19H22N6O2S. The summed E-state index contributed by atoms with van der Waals surface area (Å²) in [5, 5.41) is 10.0. The van der Waals surface area contributed by atoms with E-state index in [1.807, 2.05) is 37.0 Å². The Hall–Kier alpha value is -2.94. The summed E-state index contributed by atoms with van der Waals surface area (Å²) in [7, 11) is 1.86. The lowest BCUT2D eigenvalue weighted by Gasteiger charge is -2.31. The van der Waals surface area contributed by atoms with Crippen molar-refractivity contribution in [1.82, 2.24) is 25.1 Å². The molecule has 146 valence electrons.